The number of fused-ring (bicyclic) bond motifs is 1. The Morgan fingerprint density at radius 2 is 1.72 bits per heavy atom. The Labute approximate surface area is 222 Å². The Kier molecular flexibility index (Phi) is 6.20. The molecule has 8 nitrogen and oxygen atoms in total. The Morgan fingerprint density at radius 1 is 0.949 bits per heavy atom. The van der Waals surface area contributed by atoms with Crippen LogP contribution >= 0.6 is 0 Å². The van der Waals surface area contributed by atoms with Crippen LogP contribution in [0, 0.1) is 6.92 Å². The number of nitrogens with zero attached hydrogens (tertiary/aromatic N) is 5. The van der Waals surface area contributed by atoms with Crippen LogP contribution in [0.2, 0.25) is 0 Å². The zero-order valence-electron chi connectivity index (χ0n) is 21.4. The summed E-state index contributed by atoms with van der Waals surface area (Å²) in [6, 6.07) is 11.0. The number of aromatic nitrogens is 6. The van der Waals surface area contributed by atoms with Crippen LogP contribution in [-0.2, 0) is 6.18 Å². The summed E-state index contributed by atoms with van der Waals surface area (Å²) < 4.78 is 44.1. The van der Waals surface area contributed by atoms with Crippen molar-refractivity contribution in [1.82, 2.24) is 29.9 Å². The van der Waals surface area contributed by atoms with Crippen molar-refractivity contribution < 1.29 is 17.9 Å². The number of piperidine rings is 1. The molecule has 39 heavy (non-hydrogen) atoms. The molecule has 4 aromatic heterocycles. The molecule has 1 aliphatic rings. The zero-order valence-corrected chi connectivity index (χ0v) is 21.4. The standard InChI is InChI=1S/C28H26F3N7O/c1-16-24(17-3-5-20(6-4-17)28(29,30)31)37-25(35-16)18-8-11-38(12-9-18)27-21-14-22(36-26(21)33-15-34-27)19-7-10-32-23(13-19)39-2/h3-7,10,13-15,18H,8-9,11-12H2,1-2H3,(H,35,37)(H,33,34,36). The predicted octanol–water partition coefficient (Wildman–Crippen LogP) is 6.13. The number of imidazole rings is 1. The second-order valence-corrected chi connectivity index (χ2v) is 9.66. The lowest BCUT2D eigenvalue weighted by Gasteiger charge is -2.32. The van der Waals surface area contributed by atoms with E-state index in [4.69, 9.17) is 9.72 Å². The second kappa shape index (κ2) is 9.72. The molecule has 11 heteroatoms. The van der Waals surface area contributed by atoms with Crippen LogP contribution in [0.25, 0.3) is 33.5 Å². The molecule has 0 spiro atoms. The number of alkyl halides is 3. The number of aryl methyl sites for hydroxylation is 1. The van der Waals surface area contributed by atoms with Gasteiger partial charge in [0.2, 0.25) is 5.88 Å². The lowest BCUT2D eigenvalue weighted by Crippen LogP contribution is -2.33. The number of aromatic amines is 2. The lowest BCUT2D eigenvalue weighted by molar-refractivity contribution is -0.137. The molecule has 1 saturated heterocycles. The molecule has 0 atom stereocenters. The van der Waals surface area contributed by atoms with Crippen molar-refractivity contribution in [3.05, 3.63) is 72.1 Å². The molecule has 5 heterocycles. The molecule has 6 rings (SSSR count). The Hall–Kier alpha value is -4.41. The van der Waals surface area contributed by atoms with E-state index in [-0.39, 0.29) is 5.92 Å². The highest BCUT2D eigenvalue weighted by Crippen LogP contribution is 2.35. The highest BCUT2D eigenvalue weighted by Gasteiger charge is 2.30. The van der Waals surface area contributed by atoms with Crippen LogP contribution in [0.5, 0.6) is 5.88 Å². The number of halogens is 3. The first-order valence-electron chi connectivity index (χ1n) is 12.6. The van der Waals surface area contributed by atoms with E-state index in [2.05, 4.69) is 35.9 Å². The summed E-state index contributed by atoms with van der Waals surface area (Å²) in [5, 5.41) is 0.945. The van der Waals surface area contributed by atoms with E-state index in [1.807, 2.05) is 19.1 Å². The maximum absolute atomic E-state index is 13.0. The number of hydrogen-bond donors (Lipinski definition) is 2. The van der Waals surface area contributed by atoms with Gasteiger partial charge in [0.1, 0.15) is 23.6 Å². The van der Waals surface area contributed by atoms with Gasteiger partial charge in [0, 0.05) is 53.8 Å². The van der Waals surface area contributed by atoms with Crippen LogP contribution in [0.15, 0.2) is 55.0 Å². The minimum Gasteiger partial charge on any atom is -0.481 e. The average Bonchev–Trinajstić information content (AvgIpc) is 3.57. The number of anilines is 1. The largest absolute Gasteiger partial charge is 0.481 e. The fourth-order valence-electron chi connectivity index (χ4n) is 5.16. The SMILES string of the molecule is COc1cc(-c2cc3c(N4CCC(c5nc(-c6ccc(C(F)(F)F)cc6)c(C)[nH]5)CC4)ncnc3[nH]2)ccn1. The van der Waals surface area contributed by atoms with Gasteiger partial charge in [-0.1, -0.05) is 12.1 Å². The number of pyridine rings is 1. The third-order valence-electron chi connectivity index (χ3n) is 7.23. The molecule has 5 aromatic rings. The van der Waals surface area contributed by atoms with E-state index in [9.17, 15) is 13.2 Å². The maximum atomic E-state index is 13.0. The van der Waals surface area contributed by atoms with E-state index < -0.39 is 11.7 Å². The summed E-state index contributed by atoms with van der Waals surface area (Å²) in [5.74, 6) is 2.49. The molecule has 0 unspecified atom stereocenters. The van der Waals surface area contributed by atoms with Gasteiger partial charge in [-0.05, 0) is 44.0 Å². The fraction of sp³-hybridized carbons (Fsp3) is 0.286. The molecule has 0 radical (unpaired) electrons. The average molecular weight is 534 g/mol. The molecule has 0 amide bonds. The number of benzene rings is 1. The zero-order chi connectivity index (χ0) is 27.1. The summed E-state index contributed by atoms with van der Waals surface area (Å²) in [5.41, 5.74) is 4.14. The van der Waals surface area contributed by atoms with Crippen LogP contribution in [0.3, 0.4) is 0 Å². The van der Waals surface area contributed by atoms with Crippen molar-refractivity contribution in [1.29, 1.82) is 0 Å². The topological polar surface area (TPSA) is 95.6 Å². The minimum absolute atomic E-state index is 0.214. The van der Waals surface area contributed by atoms with Gasteiger partial charge < -0.3 is 19.6 Å². The van der Waals surface area contributed by atoms with E-state index in [1.165, 1.54) is 12.1 Å². The molecule has 1 aromatic carbocycles. The van der Waals surface area contributed by atoms with E-state index >= 15 is 0 Å². The number of H-pyrrole nitrogens is 2. The monoisotopic (exact) mass is 533 g/mol. The first kappa shape index (κ1) is 24.9. The van der Waals surface area contributed by atoms with Crippen molar-refractivity contribution in [2.75, 3.05) is 25.1 Å². The van der Waals surface area contributed by atoms with E-state index in [0.29, 0.717) is 17.1 Å². The van der Waals surface area contributed by atoms with Gasteiger partial charge in [0.05, 0.1) is 23.8 Å². The van der Waals surface area contributed by atoms with Crippen molar-refractivity contribution in [3.63, 3.8) is 0 Å². The highest BCUT2D eigenvalue weighted by atomic mass is 19.4. The molecule has 200 valence electrons. The quantitative estimate of drug-likeness (QED) is 0.282. The molecular weight excluding hydrogens is 507 g/mol. The molecule has 2 N–H and O–H groups in total. The maximum Gasteiger partial charge on any atom is 0.416 e. The summed E-state index contributed by atoms with van der Waals surface area (Å²) in [6.07, 6.45) is 0.648. The molecule has 0 aliphatic carbocycles. The van der Waals surface area contributed by atoms with Gasteiger partial charge in [-0.2, -0.15) is 13.2 Å². The van der Waals surface area contributed by atoms with Crippen molar-refractivity contribution >= 4 is 16.9 Å². The smallest absolute Gasteiger partial charge is 0.416 e. The number of ether oxygens (including phenoxy) is 1. The van der Waals surface area contributed by atoms with Gasteiger partial charge >= 0.3 is 6.18 Å². The van der Waals surface area contributed by atoms with Crippen LogP contribution in [-0.4, -0.2) is 50.1 Å². The Bertz CT molecular complexity index is 1620. The summed E-state index contributed by atoms with van der Waals surface area (Å²) >= 11 is 0. The van der Waals surface area contributed by atoms with Crippen LogP contribution in [0.1, 0.15) is 35.8 Å². The molecule has 1 aliphatic heterocycles. The fourth-order valence-corrected chi connectivity index (χ4v) is 5.16. The van der Waals surface area contributed by atoms with Crippen LogP contribution < -0.4 is 9.64 Å². The molecule has 1 fully saturated rings. The van der Waals surface area contributed by atoms with Gasteiger partial charge in [-0.25, -0.2) is 19.9 Å². The van der Waals surface area contributed by atoms with Gasteiger partial charge in [0.25, 0.3) is 0 Å². The third kappa shape index (κ3) is 4.80. The van der Waals surface area contributed by atoms with Crippen LogP contribution in [0.4, 0.5) is 19.0 Å². The number of rotatable bonds is 5. The first-order chi connectivity index (χ1) is 18.8. The van der Waals surface area contributed by atoms with Gasteiger partial charge in [-0.15, -0.1) is 0 Å². The van der Waals surface area contributed by atoms with E-state index in [0.717, 1.165) is 77.7 Å². The number of hydrogen-bond acceptors (Lipinski definition) is 6. The Morgan fingerprint density at radius 3 is 2.44 bits per heavy atom. The molecular formula is C28H26F3N7O. The lowest BCUT2D eigenvalue weighted by atomic mass is 9.96. The second-order valence-electron chi connectivity index (χ2n) is 9.66. The van der Waals surface area contributed by atoms with Gasteiger partial charge in [0.15, 0.2) is 0 Å². The molecule has 0 bridgehead atoms. The first-order valence-corrected chi connectivity index (χ1v) is 12.6. The van der Waals surface area contributed by atoms with Crippen molar-refractivity contribution in [3.8, 4) is 28.4 Å². The van der Waals surface area contributed by atoms with E-state index in [1.54, 1.807) is 19.6 Å². The third-order valence-corrected chi connectivity index (χ3v) is 7.23. The normalized spacial score (nSPS) is 14.7. The minimum atomic E-state index is -4.36. The van der Waals surface area contributed by atoms with Gasteiger partial charge in [-0.3, -0.25) is 0 Å². The molecule has 0 saturated carbocycles. The number of nitrogens with one attached hydrogen (secondary N) is 2. The summed E-state index contributed by atoms with van der Waals surface area (Å²) in [7, 11) is 1.59. The number of methoxy groups -OCH3 is 1. The predicted molar refractivity (Wildman–Crippen MR) is 142 cm³/mol. The summed E-state index contributed by atoms with van der Waals surface area (Å²) in [6.45, 7) is 3.48. The van der Waals surface area contributed by atoms with Crippen molar-refractivity contribution in [2.24, 2.45) is 0 Å². The van der Waals surface area contributed by atoms with Crippen molar-refractivity contribution in [2.45, 2.75) is 31.9 Å². The summed E-state index contributed by atoms with van der Waals surface area (Å²) in [4.78, 5) is 27.0. The highest BCUT2D eigenvalue weighted by molar-refractivity contribution is 5.92. The Balaban J connectivity index is 1.19.